The van der Waals surface area contributed by atoms with E-state index in [1.807, 2.05) is 42.5 Å². The molecule has 5 heteroatoms. The Morgan fingerprint density at radius 2 is 2.05 bits per heavy atom. The lowest BCUT2D eigenvalue weighted by molar-refractivity contribution is -0.131. The molecule has 2 bridgehead atoms. The van der Waals surface area contributed by atoms with Crippen LogP contribution >= 0.6 is 0 Å². The summed E-state index contributed by atoms with van der Waals surface area (Å²) in [5, 5.41) is 1.49. The van der Waals surface area contributed by atoms with Gasteiger partial charge >= 0.3 is 6.03 Å². The summed E-state index contributed by atoms with van der Waals surface area (Å²) in [6, 6.07) is 9.44. The van der Waals surface area contributed by atoms with E-state index in [0.717, 1.165) is 5.56 Å². The van der Waals surface area contributed by atoms with Gasteiger partial charge in [-0.1, -0.05) is 42.5 Å². The largest absolute Gasteiger partial charge is 0.342 e. The van der Waals surface area contributed by atoms with E-state index in [4.69, 9.17) is 0 Å². The number of hydrogen-bond donors (Lipinski definition) is 1. The van der Waals surface area contributed by atoms with Gasteiger partial charge in [-0.2, -0.15) is 0 Å². The van der Waals surface area contributed by atoms with Crippen LogP contribution < -0.4 is 5.43 Å². The number of carbonyl (C=O) groups excluding carboxylic acids is 2. The molecule has 3 aliphatic rings. The minimum absolute atomic E-state index is 0.117. The fraction of sp³-hybridized carbons (Fsp3) is 0.286. The number of rotatable bonds is 2. The zero-order chi connectivity index (χ0) is 13.0. The molecular weight excluding hydrogens is 242 g/mol. The lowest BCUT2D eigenvalue weighted by Crippen LogP contribution is -2.48. The highest BCUT2D eigenvalue weighted by atomic mass is 16.2. The minimum Gasteiger partial charge on any atom is -0.271 e. The second-order valence-corrected chi connectivity index (χ2v) is 5.22. The van der Waals surface area contributed by atoms with Crippen LogP contribution in [-0.2, 0) is 11.3 Å². The van der Waals surface area contributed by atoms with Crippen molar-refractivity contribution >= 4 is 11.9 Å². The van der Waals surface area contributed by atoms with Gasteiger partial charge in [0.1, 0.15) is 0 Å². The molecule has 2 unspecified atom stereocenters. The average molecular weight is 255 g/mol. The summed E-state index contributed by atoms with van der Waals surface area (Å²) in [5.74, 6) is -0.120. The molecule has 2 aliphatic heterocycles. The highest BCUT2D eigenvalue weighted by Gasteiger charge is 2.63. The van der Waals surface area contributed by atoms with E-state index in [0.29, 0.717) is 13.0 Å². The first-order valence-electron chi connectivity index (χ1n) is 6.36. The van der Waals surface area contributed by atoms with Gasteiger partial charge in [-0.25, -0.2) is 15.2 Å². The molecule has 1 N–H and O–H groups in total. The molecule has 0 saturated carbocycles. The average Bonchev–Trinajstić information content (AvgIpc) is 3.08. The third kappa shape index (κ3) is 1.28. The molecule has 2 saturated heterocycles. The van der Waals surface area contributed by atoms with E-state index >= 15 is 0 Å². The molecule has 1 aromatic rings. The molecule has 0 aromatic heterocycles. The van der Waals surface area contributed by atoms with E-state index in [1.54, 1.807) is 0 Å². The number of urea groups is 1. The Hall–Kier alpha value is -2.14. The number of amides is 3. The van der Waals surface area contributed by atoms with Gasteiger partial charge in [-0.15, -0.1) is 0 Å². The predicted molar refractivity (Wildman–Crippen MR) is 67.6 cm³/mol. The molecule has 0 radical (unpaired) electrons. The van der Waals surface area contributed by atoms with Crippen molar-refractivity contribution in [3.63, 3.8) is 0 Å². The first-order valence-corrected chi connectivity index (χ1v) is 6.36. The smallest absolute Gasteiger partial charge is 0.271 e. The van der Waals surface area contributed by atoms with Crippen molar-refractivity contribution in [2.75, 3.05) is 0 Å². The molecule has 2 heterocycles. The Bertz CT molecular complexity index is 598. The van der Waals surface area contributed by atoms with E-state index in [2.05, 4.69) is 5.43 Å². The van der Waals surface area contributed by atoms with Crippen molar-refractivity contribution < 1.29 is 9.59 Å². The van der Waals surface area contributed by atoms with Crippen molar-refractivity contribution in [3.8, 4) is 0 Å². The molecule has 2 fully saturated rings. The molecule has 4 rings (SSSR count). The lowest BCUT2D eigenvalue weighted by atomic mass is 9.99. The summed E-state index contributed by atoms with van der Waals surface area (Å²) >= 11 is 0. The number of nitrogens with one attached hydrogen (secondary N) is 1. The third-order valence-corrected chi connectivity index (χ3v) is 4.05. The molecular formula is C14H13N3O2. The third-order valence-electron chi connectivity index (χ3n) is 4.05. The van der Waals surface area contributed by atoms with Crippen LogP contribution in [0.25, 0.3) is 0 Å². The molecule has 1 aromatic carbocycles. The summed E-state index contributed by atoms with van der Waals surface area (Å²) in [4.78, 5) is 26.2. The zero-order valence-electron chi connectivity index (χ0n) is 10.2. The van der Waals surface area contributed by atoms with E-state index in [9.17, 15) is 9.59 Å². The minimum atomic E-state index is -0.767. The van der Waals surface area contributed by atoms with Crippen LogP contribution in [0.2, 0.25) is 0 Å². The maximum atomic E-state index is 12.6. The fourth-order valence-electron chi connectivity index (χ4n) is 3.11. The van der Waals surface area contributed by atoms with E-state index in [1.165, 1.54) is 9.91 Å². The first-order chi connectivity index (χ1) is 9.21. The number of hydrogen-bond acceptors (Lipinski definition) is 3. The van der Waals surface area contributed by atoms with Crippen LogP contribution in [0.1, 0.15) is 12.0 Å². The topological polar surface area (TPSA) is 52.7 Å². The van der Waals surface area contributed by atoms with Gasteiger partial charge in [-0.05, 0) is 5.56 Å². The molecule has 5 nitrogen and oxygen atoms in total. The Morgan fingerprint density at radius 3 is 2.74 bits per heavy atom. The summed E-state index contributed by atoms with van der Waals surface area (Å²) in [5.41, 5.74) is 3.26. The summed E-state index contributed by atoms with van der Waals surface area (Å²) in [6.45, 7) is 0.330. The molecule has 3 amide bonds. The van der Waals surface area contributed by atoms with Gasteiger partial charge in [0.05, 0.1) is 6.54 Å². The summed E-state index contributed by atoms with van der Waals surface area (Å²) < 4.78 is 0. The Kier molecular flexibility index (Phi) is 1.95. The van der Waals surface area contributed by atoms with Crippen LogP contribution in [0, 0.1) is 0 Å². The number of carbonyl (C=O) groups is 2. The van der Waals surface area contributed by atoms with E-state index in [-0.39, 0.29) is 18.0 Å². The SMILES string of the molecule is O=C1N(Cc2ccccc2)C(=O)C23C=CC(C2)NN13. The number of imide groups is 1. The molecule has 1 spiro atoms. The predicted octanol–water partition coefficient (Wildman–Crippen LogP) is 1.04. The zero-order valence-corrected chi connectivity index (χ0v) is 10.2. The van der Waals surface area contributed by atoms with Gasteiger partial charge in [0, 0.05) is 12.5 Å². The number of fused-ring (bicyclic) bond motifs is 1. The van der Waals surface area contributed by atoms with Crippen LogP contribution in [0.15, 0.2) is 42.5 Å². The fourth-order valence-corrected chi connectivity index (χ4v) is 3.11. The van der Waals surface area contributed by atoms with Crippen molar-refractivity contribution in [2.45, 2.75) is 24.5 Å². The van der Waals surface area contributed by atoms with Gasteiger partial charge < -0.3 is 0 Å². The summed E-state index contributed by atoms with van der Waals surface area (Å²) in [7, 11) is 0. The first kappa shape index (κ1) is 10.8. The van der Waals surface area contributed by atoms with Crippen LogP contribution in [-0.4, -0.2) is 33.4 Å². The van der Waals surface area contributed by atoms with E-state index < -0.39 is 5.54 Å². The van der Waals surface area contributed by atoms with Crippen LogP contribution in [0.3, 0.4) is 0 Å². The van der Waals surface area contributed by atoms with Crippen molar-refractivity contribution in [1.29, 1.82) is 0 Å². The second-order valence-electron chi connectivity index (χ2n) is 5.22. The van der Waals surface area contributed by atoms with Crippen molar-refractivity contribution in [1.82, 2.24) is 15.3 Å². The van der Waals surface area contributed by atoms with Gasteiger partial charge in [0.25, 0.3) is 5.91 Å². The van der Waals surface area contributed by atoms with Crippen molar-refractivity contribution in [2.24, 2.45) is 0 Å². The Labute approximate surface area is 110 Å². The highest BCUT2D eigenvalue weighted by molar-refractivity contribution is 6.09. The Balaban J connectivity index is 1.67. The number of hydrazine groups is 1. The Morgan fingerprint density at radius 1 is 1.26 bits per heavy atom. The quantitative estimate of drug-likeness (QED) is 0.634. The van der Waals surface area contributed by atoms with Gasteiger partial charge in [0.15, 0.2) is 5.54 Å². The highest BCUT2D eigenvalue weighted by Crippen LogP contribution is 2.41. The van der Waals surface area contributed by atoms with Crippen molar-refractivity contribution in [3.05, 3.63) is 48.0 Å². The monoisotopic (exact) mass is 255 g/mol. The summed E-state index contributed by atoms with van der Waals surface area (Å²) in [6.07, 6.45) is 4.48. The second kappa shape index (κ2) is 3.45. The molecule has 1 aliphatic carbocycles. The standard InChI is InChI=1S/C14H13N3O2/c18-12-14-7-6-11(8-14)15-17(14)13(19)16(12)9-10-4-2-1-3-5-10/h1-7,11,15H,8-9H2. The maximum Gasteiger partial charge on any atom is 0.342 e. The lowest BCUT2D eigenvalue weighted by Gasteiger charge is -2.23. The maximum absolute atomic E-state index is 12.6. The normalized spacial score (nSPS) is 31.5. The van der Waals surface area contributed by atoms with Crippen LogP contribution in [0.5, 0.6) is 0 Å². The van der Waals surface area contributed by atoms with Crippen LogP contribution in [0.4, 0.5) is 4.79 Å². The molecule has 19 heavy (non-hydrogen) atoms. The number of nitrogens with zero attached hydrogens (tertiary/aromatic N) is 2. The van der Waals surface area contributed by atoms with Gasteiger partial charge in [0.2, 0.25) is 0 Å². The molecule has 2 atom stereocenters. The molecule has 96 valence electrons. The number of benzene rings is 1. The van der Waals surface area contributed by atoms with Gasteiger partial charge in [-0.3, -0.25) is 9.69 Å².